The molecule has 0 aliphatic rings. The number of carbonyl (C=O) groups excluding carboxylic acids is 2. The number of alkyl halides is 3. The van der Waals surface area contributed by atoms with Gasteiger partial charge in [-0.15, -0.1) is 0 Å². The average molecular weight is 450 g/mol. The van der Waals surface area contributed by atoms with Crippen LogP contribution in [0.3, 0.4) is 0 Å². The van der Waals surface area contributed by atoms with Gasteiger partial charge in [-0.2, -0.15) is 13.2 Å². The maximum Gasteiger partial charge on any atom is 0.417 e. The van der Waals surface area contributed by atoms with Crippen LogP contribution in [-0.4, -0.2) is 21.8 Å². The zero-order chi connectivity index (χ0) is 22.6. The Hall–Kier alpha value is -3.46. The molecule has 0 bridgehead atoms. The standard InChI is InChI=1S/C21H15ClF3N3O3/c1-12-10-27-17(11-26-12)20(30)31-18(13-5-3-2-4-6-13)19(29)28-14-7-8-16(22)15(9-14)21(23,24)25/h2-11,18H,1H3,(H,28,29). The van der Waals surface area contributed by atoms with Crippen molar-refractivity contribution in [2.24, 2.45) is 0 Å². The number of anilines is 1. The summed E-state index contributed by atoms with van der Waals surface area (Å²) in [6.45, 7) is 1.68. The molecule has 1 aromatic heterocycles. The summed E-state index contributed by atoms with van der Waals surface area (Å²) >= 11 is 5.61. The first-order chi connectivity index (χ1) is 14.6. The number of ether oxygens (including phenoxy) is 1. The van der Waals surface area contributed by atoms with E-state index in [0.29, 0.717) is 17.3 Å². The van der Waals surface area contributed by atoms with Gasteiger partial charge in [0.1, 0.15) is 0 Å². The number of benzene rings is 2. The van der Waals surface area contributed by atoms with E-state index < -0.39 is 34.7 Å². The number of amides is 1. The Kier molecular flexibility index (Phi) is 6.55. The summed E-state index contributed by atoms with van der Waals surface area (Å²) < 4.78 is 44.6. The Bertz CT molecular complexity index is 1090. The van der Waals surface area contributed by atoms with Crippen LogP contribution in [0.25, 0.3) is 0 Å². The van der Waals surface area contributed by atoms with Gasteiger partial charge in [0, 0.05) is 17.4 Å². The minimum atomic E-state index is -4.70. The number of aryl methyl sites for hydroxylation is 1. The molecule has 3 aromatic rings. The molecule has 6 nitrogen and oxygen atoms in total. The van der Waals surface area contributed by atoms with Gasteiger partial charge in [-0.1, -0.05) is 41.9 Å². The summed E-state index contributed by atoms with van der Waals surface area (Å²) in [7, 11) is 0. The van der Waals surface area contributed by atoms with E-state index in [-0.39, 0.29) is 11.4 Å². The van der Waals surface area contributed by atoms with Crippen LogP contribution in [0.2, 0.25) is 5.02 Å². The highest BCUT2D eigenvalue weighted by molar-refractivity contribution is 6.31. The molecule has 31 heavy (non-hydrogen) atoms. The van der Waals surface area contributed by atoms with Crippen molar-refractivity contribution in [3.63, 3.8) is 0 Å². The van der Waals surface area contributed by atoms with Crippen molar-refractivity contribution in [1.82, 2.24) is 9.97 Å². The average Bonchev–Trinajstić information content (AvgIpc) is 2.73. The van der Waals surface area contributed by atoms with Gasteiger partial charge in [-0.25, -0.2) is 9.78 Å². The SMILES string of the molecule is Cc1cnc(C(=O)OC(C(=O)Nc2ccc(Cl)c(C(F)(F)F)c2)c2ccccc2)cn1. The van der Waals surface area contributed by atoms with E-state index in [0.717, 1.165) is 6.07 Å². The summed E-state index contributed by atoms with van der Waals surface area (Å²) in [5.41, 5.74) is -0.482. The Morgan fingerprint density at radius 2 is 1.77 bits per heavy atom. The first-order valence-corrected chi connectivity index (χ1v) is 9.25. The van der Waals surface area contributed by atoms with Gasteiger partial charge in [-0.05, 0) is 25.1 Å². The van der Waals surface area contributed by atoms with Crippen LogP contribution in [0.1, 0.15) is 33.4 Å². The molecule has 0 saturated carbocycles. The van der Waals surface area contributed by atoms with Crippen LogP contribution in [-0.2, 0) is 15.7 Å². The molecule has 0 spiro atoms. The lowest BCUT2D eigenvalue weighted by Gasteiger charge is -2.18. The topological polar surface area (TPSA) is 81.2 Å². The molecule has 0 aliphatic heterocycles. The lowest BCUT2D eigenvalue weighted by Crippen LogP contribution is -2.26. The second-order valence-corrected chi connectivity index (χ2v) is 6.83. The maximum absolute atomic E-state index is 13.1. The van der Waals surface area contributed by atoms with Crippen LogP contribution < -0.4 is 5.32 Å². The quantitative estimate of drug-likeness (QED) is 0.555. The molecule has 0 saturated heterocycles. The number of aromatic nitrogens is 2. The highest BCUT2D eigenvalue weighted by atomic mass is 35.5. The van der Waals surface area contributed by atoms with E-state index in [1.165, 1.54) is 18.5 Å². The predicted octanol–water partition coefficient (Wildman–Crippen LogP) is 4.99. The molecular weight excluding hydrogens is 435 g/mol. The lowest BCUT2D eigenvalue weighted by molar-refractivity contribution is -0.137. The van der Waals surface area contributed by atoms with Gasteiger partial charge >= 0.3 is 12.1 Å². The second kappa shape index (κ2) is 9.13. The fourth-order valence-electron chi connectivity index (χ4n) is 2.59. The zero-order valence-corrected chi connectivity index (χ0v) is 16.7. The summed E-state index contributed by atoms with van der Waals surface area (Å²) in [5.74, 6) is -1.77. The normalized spacial score (nSPS) is 12.2. The predicted molar refractivity (Wildman–Crippen MR) is 106 cm³/mol. The highest BCUT2D eigenvalue weighted by Gasteiger charge is 2.34. The Labute approximate surface area is 180 Å². The molecule has 2 aromatic carbocycles. The van der Waals surface area contributed by atoms with E-state index >= 15 is 0 Å². The van der Waals surface area contributed by atoms with Crippen LogP contribution in [0.4, 0.5) is 18.9 Å². The van der Waals surface area contributed by atoms with Crippen molar-refractivity contribution in [2.45, 2.75) is 19.2 Å². The molecule has 0 radical (unpaired) electrons. The fraction of sp³-hybridized carbons (Fsp3) is 0.143. The number of nitrogens with one attached hydrogen (secondary N) is 1. The van der Waals surface area contributed by atoms with Crippen LogP contribution in [0.15, 0.2) is 60.9 Å². The second-order valence-electron chi connectivity index (χ2n) is 6.42. The van der Waals surface area contributed by atoms with E-state index in [4.69, 9.17) is 16.3 Å². The molecule has 1 heterocycles. The smallest absolute Gasteiger partial charge is 0.417 e. The Balaban J connectivity index is 1.87. The largest absolute Gasteiger partial charge is 0.443 e. The summed E-state index contributed by atoms with van der Waals surface area (Å²) in [4.78, 5) is 33.2. The van der Waals surface area contributed by atoms with Crippen molar-refractivity contribution < 1.29 is 27.5 Å². The van der Waals surface area contributed by atoms with Crippen LogP contribution in [0.5, 0.6) is 0 Å². The van der Waals surface area contributed by atoms with Crippen molar-refractivity contribution in [2.75, 3.05) is 5.32 Å². The van der Waals surface area contributed by atoms with Gasteiger partial charge in [0.15, 0.2) is 5.69 Å². The maximum atomic E-state index is 13.1. The van der Waals surface area contributed by atoms with Gasteiger partial charge in [-0.3, -0.25) is 9.78 Å². The van der Waals surface area contributed by atoms with E-state index in [1.54, 1.807) is 37.3 Å². The van der Waals surface area contributed by atoms with Gasteiger partial charge in [0.2, 0.25) is 6.10 Å². The van der Waals surface area contributed by atoms with Crippen molar-refractivity contribution in [1.29, 1.82) is 0 Å². The van der Waals surface area contributed by atoms with Crippen LogP contribution in [0, 0.1) is 6.92 Å². The highest BCUT2D eigenvalue weighted by Crippen LogP contribution is 2.36. The molecule has 1 atom stereocenters. The Morgan fingerprint density at radius 1 is 1.06 bits per heavy atom. The summed E-state index contributed by atoms with van der Waals surface area (Å²) in [6.07, 6.45) is -3.58. The molecule has 0 fully saturated rings. The minimum Gasteiger partial charge on any atom is -0.443 e. The monoisotopic (exact) mass is 449 g/mol. The third-order valence-corrected chi connectivity index (χ3v) is 4.42. The summed E-state index contributed by atoms with van der Waals surface area (Å²) in [6, 6.07) is 11.0. The molecule has 1 N–H and O–H groups in total. The van der Waals surface area contributed by atoms with E-state index in [2.05, 4.69) is 15.3 Å². The van der Waals surface area contributed by atoms with E-state index in [1.807, 2.05) is 0 Å². The van der Waals surface area contributed by atoms with Gasteiger partial charge in [0.05, 0.1) is 22.5 Å². The number of hydrogen-bond donors (Lipinski definition) is 1. The molecule has 0 aliphatic carbocycles. The van der Waals surface area contributed by atoms with E-state index in [9.17, 15) is 22.8 Å². The van der Waals surface area contributed by atoms with Crippen molar-refractivity contribution >= 4 is 29.2 Å². The number of halogens is 4. The minimum absolute atomic E-state index is 0.120. The van der Waals surface area contributed by atoms with Crippen molar-refractivity contribution in [3.05, 3.63) is 88.5 Å². The molecule has 1 amide bonds. The molecular formula is C21H15ClF3N3O3. The van der Waals surface area contributed by atoms with Crippen molar-refractivity contribution in [3.8, 4) is 0 Å². The number of rotatable bonds is 5. The number of hydrogen-bond acceptors (Lipinski definition) is 5. The third kappa shape index (κ3) is 5.58. The number of carbonyl (C=O) groups is 2. The molecule has 10 heteroatoms. The Morgan fingerprint density at radius 3 is 2.39 bits per heavy atom. The first-order valence-electron chi connectivity index (χ1n) is 8.87. The fourth-order valence-corrected chi connectivity index (χ4v) is 2.82. The van der Waals surface area contributed by atoms with Gasteiger partial charge in [0.25, 0.3) is 5.91 Å². The number of nitrogens with zero attached hydrogens (tertiary/aromatic N) is 2. The number of esters is 1. The molecule has 1 unspecified atom stereocenters. The van der Waals surface area contributed by atoms with Crippen LogP contribution >= 0.6 is 11.6 Å². The first kappa shape index (κ1) is 22.2. The lowest BCUT2D eigenvalue weighted by atomic mass is 10.1. The summed E-state index contributed by atoms with van der Waals surface area (Å²) in [5, 5.41) is 1.83. The zero-order valence-electron chi connectivity index (χ0n) is 16.0. The third-order valence-electron chi connectivity index (χ3n) is 4.09. The van der Waals surface area contributed by atoms with Gasteiger partial charge < -0.3 is 10.1 Å². The molecule has 160 valence electrons. The molecule has 3 rings (SSSR count).